The molecule has 0 bridgehead atoms. The van der Waals surface area contributed by atoms with Gasteiger partial charge in [0.25, 0.3) is 0 Å². The van der Waals surface area contributed by atoms with Gasteiger partial charge in [0.1, 0.15) is 18.6 Å². The number of hydrogen-bond acceptors (Lipinski definition) is 6. The number of benzene rings is 3. The molecule has 3 atom stereocenters. The van der Waals surface area contributed by atoms with Gasteiger partial charge in [-0.2, -0.15) is 0 Å². The van der Waals surface area contributed by atoms with Crippen molar-refractivity contribution in [1.29, 1.82) is 0 Å². The van der Waals surface area contributed by atoms with Gasteiger partial charge >= 0.3 is 0 Å². The fourth-order valence-corrected chi connectivity index (χ4v) is 4.55. The van der Waals surface area contributed by atoms with E-state index >= 15 is 0 Å². The summed E-state index contributed by atoms with van der Waals surface area (Å²) in [6.07, 6.45) is 0.469. The highest BCUT2D eigenvalue weighted by Gasteiger charge is 2.29. The molecule has 0 saturated carbocycles. The minimum Gasteiger partial charge on any atom is -0.497 e. The molecule has 0 aliphatic carbocycles. The fourth-order valence-electron chi connectivity index (χ4n) is 4.37. The summed E-state index contributed by atoms with van der Waals surface area (Å²) in [5.74, 6) is 0.778. The molecule has 4 rings (SSSR count). The molecule has 35 heavy (non-hydrogen) atoms. The van der Waals surface area contributed by atoms with Crippen LogP contribution >= 0.6 is 11.6 Å². The van der Waals surface area contributed by atoms with Gasteiger partial charge in [0.15, 0.2) is 0 Å². The number of ether oxygens (including phenoxy) is 2. The lowest BCUT2D eigenvalue weighted by atomic mass is 9.93. The van der Waals surface area contributed by atoms with E-state index in [9.17, 15) is 10.2 Å². The van der Waals surface area contributed by atoms with Crippen LogP contribution in [0.1, 0.15) is 46.8 Å². The summed E-state index contributed by atoms with van der Waals surface area (Å²) in [7, 11) is 3.17. The van der Waals surface area contributed by atoms with E-state index in [1.165, 1.54) is 7.11 Å². The first-order valence-corrected chi connectivity index (χ1v) is 12.0. The van der Waals surface area contributed by atoms with Crippen LogP contribution in [-0.2, 0) is 16.0 Å². The number of rotatable bonds is 8. The molecule has 1 heterocycles. The highest BCUT2D eigenvalue weighted by Crippen LogP contribution is 2.33. The number of methoxy groups -OCH3 is 1. The van der Waals surface area contributed by atoms with E-state index in [1.54, 1.807) is 7.11 Å². The minimum atomic E-state index is -0.494. The number of nitrogens with zero attached hydrogens (tertiary/aromatic N) is 1. The molecule has 3 unspecified atom stereocenters. The zero-order valence-corrected chi connectivity index (χ0v) is 20.6. The van der Waals surface area contributed by atoms with E-state index in [4.69, 9.17) is 25.9 Å². The Balaban J connectivity index is 1.53. The van der Waals surface area contributed by atoms with E-state index in [0.717, 1.165) is 39.3 Å². The zero-order chi connectivity index (χ0) is 24.8. The average molecular weight is 496 g/mol. The highest BCUT2D eigenvalue weighted by atomic mass is 35.5. The molecule has 1 saturated heterocycles. The number of halogens is 1. The van der Waals surface area contributed by atoms with Crippen molar-refractivity contribution in [3.05, 3.63) is 99.6 Å². The van der Waals surface area contributed by atoms with Crippen molar-refractivity contribution in [2.24, 2.45) is 5.16 Å². The second kappa shape index (κ2) is 11.7. The molecule has 184 valence electrons. The standard InChI is InChI=1S/C28H30ClNO5/c1-33-24-10-7-20(8-11-24)28(30-34-2)19-5-3-18(4-6-19)13-22-14-21(9-12-26(22)29)27-16-23(32)15-25(17-31)35-27/h3-12,14,23,25,27,31-32H,13,15-17H2,1-2H3/b30-28-. The van der Waals surface area contributed by atoms with E-state index in [2.05, 4.69) is 17.3 Å². The predicted octanol–water partition coefficient (Wildman–Crippen LogP) is 4.91. The quantitative estimate of drug-likeness (QED) is 0.343. The van der Waals surface area contributed by atoms with Crippen molar-refractivity contribution in [2.45, 2.75) is 37.6 Å². The third kappa shape index (κ3) is 6.21. The molecule has 2 N–H and O–H groups in total. The van der Waals surface area contributed by atoms with Gasteiger partial charge in [-0.25, -0.2) is 0 Å². The van der Waals surface area contributed by atoms with Gasteiger partial charge in [-0.05, 0) is 53.4 Å². The van der Waals surface area contributed by atoms with Gasteiger partial charge in [-0.3, -0.25) is 0 Å². The van der Waals surface area contributed by atoms with E-state index < -0.39 is 6.10 Å². The SMILES string of the molecule is CO/N=C(/c1ccc(Cc2cc(C3CC(O)CC(CO)O3)ccc2Cl)cc1)c1ccc(OC)cc1. The first-order chi connectivity index (χ1) is 17.0. The molecule has 1 fully saturated rings. The Hall–Kier alpha value is -2.90. The van der Waals surface area contributed by atoms with Crippen molar-refractivity contribution in [3.63, 3.8) is 0 Å². The Morgan fingerprint density at radius 2 is 1.69 bits per heavy atom. The maximum Gasteiger partial charge on any atom is 0.118 e. The van der Waals surface area contributed by atoms with Crippen molar-refractivity contribution in [2.75, 3.05) is 20.8 Å². The van der Waals surface area contributed by atoms with Crippen LogP contribution in [0.15, 0.2) is 71.9 Å². The Kier molecular flexibility index (Phi) is 8.42. The van der Waals surface area contributed by atoms with E-state index in [0.29, 0.717) is 24.3 Å². The number of aliphatic hydroxyl groups excluding tert-OH is 2. The summed E-state index contributed by atoms with van der Waals surface area (Å²) in [6.45, 7) is -0.106. The zero-order valence-electron chi connectivity index (χ0n) is 19.9. The molecular weight excluding hydrogens is 466 g/mol. The van der Waals surface area contributed by atoms with Crippen molar-refractivity contribution >= 4 is 17.3 Å². The number of aliphatic hydroxyl groups is 2. The second-order valence-corrected chi connectivity index (χ2v) is 9.04. The van der Waals surface area contributed by atoms with Gasteiger partial charge in [0.05, 0.1) is 32.0 Å². The molecule has 0 spiro atoms. The minimum absolute atomic E-state index is 0.106. The first-order valence-electron chi connectivity index (χ1n) is 11.6. The maximum atomic E-state index is 10.2. The molecule has 6 nitrogen and oxygen atoms in total. The Morgan fingerprint density at radius 1 is 1.00 bits per heavy atom. The van der Waals surface area contributed by atoms with Crippen LogP contribution in [-0.4, -0.2) is 49.0 Å². The van der Waals surface area contributed by atoms with Crippen LogP contribution in [0.4, 0.5) is 0 Å². The molecule has 1 aliphatic heterocycles. The molecule has 0 radical (unpaired) electrons. The fraction of sp³-hybridized carbons (Fsp3) is 0.321. The number of hydrogen-bond donors (Lipinski definition) is 2. The smallest absolute Gasteiger partial charge is 0.118 e. The number of oxime groups is 1. The largest absolute Gasteiger partial charge is 0.497 e. The van der Waals surface area contributed by atoms with Crippen LogP contribution in [0.3, 0.4) is 0 Å². The van der Waals surface area contributed by atoms with Crippen LogP contribution in [0.2, 0.25) is 5.02 Å². The van der Waals surface area contributed by atoms with Gasteiger partial charge in [-0.15, -0.1) is 0 Å². The van der Waals surface area contributed by atoms with Gasteiger partial charge in [0, 0.05) is 29.0 Å². The molecule has 3 aromatic rings. The van der Waals surface area contributed by atoms with Gasteiger partial charge in [0.2, 0.25) is 0 Å². The van der Waals surface area contributed by atoms with Gasteiger partial charge in [-0.1, -0.05) is 53.2 Å². The Labute approximate surface area is 210 Å². The van der Waals surface area contributed by atoms with Crippen LogP contribution in [0, 0.1) is 0 Å². The molecule has 0 amide bonds. The monoisotopic (exact) mass is 495 g/mol. The van der Waals surface area contributed by atoms with Crippen LogP contribution < -0.4 is 4.74 Å². The van der Waals surface area contributed by atoms with Crippen LogP contribution in [0.25, 0.3) is 0 Å². The lowest BCUT2D eigenvalue weighted by Gasteiger charge is -2.32. The summed E-state index contributed by atoms with van der Waals surface area (Å²) < 4.78 is 11.2. The third-order valence-electron chi connectivity index (χ3n) is 6.19. The molecule has 0 aromatic heterocycles. The lowest BCUT2D eigenvalue weighted by Crippen LogP contribution is -2.33. The molecule has 3 aromatic carbocycles. The Morgan fingerprint density at radius 3 is 2.31 bits per heavy atom. The maximum absolute atomic E-state index is 10.2. The van der Waals surface area contributed by atoms with Crippen molar-refractivity contribution in [3.8, 4) is 5.75 Å². The summed E-state index contributed by atoms with van der Waals surface area (Å²) in [6, 6.07) is 21.6. The third-order valence-corrected chi connectivity index (χ3v) is 6.56. The lowest BCUT2D eigenvalue weighted by molar-refractivity contribution is -0.113. The topological polar surface area (TPSA) is 80.5 Å². The van der Waals surface area contributed by atoms with E-state index in [1.807, 2.05) is 54.6 Å². The Bertz CT molecular complexity index is 1150. The molecule has 1 aliphatic rings. The van der Waals surface area contributed by atoms with Crippen molar-refractivity contribution < 1.29 is 24.5 Å². The molecule has 7 heteroatoms. The van der Waals surface area contributed by atoms with Crippen molar-refractivity contribution in [1.82, 2.24) is 0 Å². The second-order valence-electron chi connectivity index (χ2n) is 8.63. The first kappa shape index (κ1) is 25.2. The highest BCUT2D eigenvalue weighted by molar-refractivity contribution is 6.31. The van der Waals surface area contributed by atoms with E-state index in [-0.39, 0.29) is 18.8 Å². The average Bonchev–Trinajstić information content (AvgIpc) is 2.89. The molecular formula is C28H30ClNO5. The predicted molar refractivity (Wildman–Crippen MR) is 136 cm³/mol. The summed E-state index contributed by atoms with van der Waals surface area (Å²) in [5.41, 5.74) is 5.60. The summed E-state index contributed by atoms with van der Waals surface area (Å²) in [5, 5.41) is 24.6. The summed E-state index contributed by atoms with van der Waals surface area (Å²) >= 11 is 6.52. The summed E-state index contributed by atoms with van der Waals surface area (Å²) in [4.78, 5) is 5.10. The normalized spacial score (nSPS) is 20.5. The van der Waals surface area contributed by atoms with Gasteiger partial charge < -0.3 is 24.5 Å². The van der Waals surface area contributed by atoms with Crippen LogP contribution in [0.5, 0.6) is 5.75 Å².